The second kappa shape index (κ2) is 4.19. The molecule has 2 aliphatic rings. The third kappa shape index (κ3) is 1.57. The van der Waals surface area contributed by atoms with Crippen molar-refractivity contribution in [3.63, 3.8) is 0 Å². The van der Waals surface area contributed by atoms with E-state index in [0.717, 1.165) is 13.2 Å². The minimum atomic E-state index is 0.252. The number of ether oxygens (including phenoxy) is 1. The van der Waals surface area contributed by atoms with Crippen LogP contribution in [0.15, 0.2) is 30.3 Å². The van der Waals surface area contributed by atoms with E-state index in [0.29, 0.717) is 6.04 Å². The van der Waals surface area contributed by atoms with Crippen LogP contribution in [0.5, 0.6) is 0 Å². The van der Waals surface area contributed by atoms with E-state index in [9.17, 15) is 0 Å². The normalized spacial score (nSPS) is 28.4. The Labute approximate surface area is 97.0 Å². The van der Waals surface area contributed by atoms with E-state index >= 15 is 0 Å². The summed E-state index contributed by atoms with van der Waals surface area (Å²) in [7, 11) is 0. The molecule has 1 aromatic rings. The van der Waals surface area contributed by atoms with Crippen molar-refractivity contribution in [2.24, 2.45) is 0 Å². The highest BCUT2D eigenvalue weighted by Gasteiger charge is 2.47. The molecule has 2 fully saturated rings. The fraction of sp³-hybridized carbons (Fsp3) is 0.571. The van der Waals surface area contributed by atoms with Crippen LogP contribution in [0.1, 0.15) is 24.8 Å². The molecule has 0 spiro atoms. The Morgan fingerprint density at radius 1 is 1.12 bits per heavy atom. The second-order valence-electron chi connectivity index (χ2n) is 5.02. The van der Waals surface area contributed by atoms with E-state index in [1.165, 1.54) is 31.4 Å². The minimum Gasteiger partial charge on any atom is -0.379 e. The summed E-state index contributed by atoms with van der Waals surface area (Å²) in [4.78, 5) is 0. The molecule has 16 heavy (non-hydrogen) atoms. The third-order valence-corrected chi connectivity index (χ3v) is 4.05. The number of hydrogen-bond donors (Lipinski definition) is 1. The highest BCUT2D eigenvalue weighted by molar-refractivity contribution is 5.30. The van der Waals surface area contributed by atoms with Crippen LogP contribution < -0.4 is 5.32 Å². The van der Waals surface area contributed by atoms with Crippen LogP contribution in [0.25, 0.3) is 0 Å². The number of piperidine rings is 1. The fourth-order valence-corrected chi connectivity index (χ4v) is 2.98. The summed E-state index contributed by atoms with van der Waals surface area (Å²) in [6, 6.07) is 11.5. The molecular formula is C14H19NO. The van der Waals surface area contributed by atoms with E-state index in [2.05, 4.69) is 35.6 Å². The maximum absolute atomic E-state index is 5.51. The Bertz CT molecular complexity index is 339. The van der Waals surface area contributed by atoms with Crippen LogP contribution >= 0.6 is 0 Å². The van der Waals surface area contributed by atoms with E-state index in [4.69, 9.17) is 4.74 Å². The van der Waals surface area contributed by atoms with E-state index < -0.39 is 0 Å². The van der Waals surface area contributed by atoms with Crippen molar-refractivity contribution in [2.45, 2.75) is 30.7 Å². The first-order valence-corrected chi connectivity index (χ1v) is 6.28. The molecule has 0 saturated carbocycles. The lowest BCUT2D eigenvalue weighted by Crippen LogP contribution is -2.61. The largest absolute Gasteiger partial charge is 0.379 e. The van der Waals surface area contributed by atoms with Gasteiger partial charge in [-0.3, -0.25) is 0 Å². The van der Waals surface area contributed by atoms with Gasteiger partial charge in [-0.25, -0.2) is 0 Å². The summed E-state index contributed by atoms with van der Waals surface area (Å²) in [6.07, 6.45) is 3.97. The first-order valence-electron chi connectivity index (χ1n) is 6.28. The monoisotopic (exact) mass is 217 g/mol. The Balaban J connectivity index is 1.87. The quantitative estimate of drug-likeness (QED) is 0.819. The van der Waals surface area contributed by atoms with Crippen LogP contribution in [0.4, 0.5) is 0 Å². The molecule has 0 radical (unpaired) electrons. The van der Waals surface area contributed by atoms with Gasteiger partial charge in [0.15, 0.2) is 0 Å². The Morgan fingerprint density at radius 3 is 2.50 bits per heavy atom. The molecule has 3 rings (SSSR count). The summed E-state index contributed by atoms with van der Waals surface area (Å²) in [5.74, 6) is 0. The van der Waals surface area contributed by atoms with Crippen molar-refractivity contribution in [3.05, 3.63) is 35.9 Å². The number of rotatable bonds is 2. The van der Waals surface area contributed by atoms with Crippen molar-refractivity contribution in [2.75, 3.05) is 19.8 Å². The molecule has 0 aliphatic carbocycles. The number of benzene rings is 1. The summed E-state index contributed by atoms with van der Waals surface area (Å²) in [6.45, 7) is 2.93. The second-order valence-corrected chi connectivity index (χ2v) is 5.02. The predicted octanol–water partition coefficient (Wildman–Crippen LogP) is 2.10. The zero-order valence-corrected chi connectivity index (χ0v) is 9.61. The average molecular weight is 217 g/mol. The zero-order valence-electron chi connectivity index (χ0n) is 9.61. The van der Waals surface area contributed by atoms with Gasteiger partial charge < -0.3 is 10.1 Å². The maximum Gasteiger partial charge on any atom is 0.0600 e. The van der Waals surface area contributed by atoms with E-state index in [1.54, 1.807) is 0 Å². The molecule has 2 heterocycles. The summed E-state index contributed by atoms with van der Waals surface area (Å²) >= 11 is 0. The first kappa shape index (κ1) is 10.3. The van der Waals surface area contributed by atoms with Crippen molar-refractivity contribution < 1.29 is 4.74 Å². The molecule has 2 heteroatoms. The van der Waals surface area contributed by atoms with Crippen molar-refractivity contribution in [1.82, 2.24) is 5.32 Å². The van der Waals surface area contributed by atoms with Crippen molar-refractivity contribution in [1.29, 1.82) is 0 Å². The summed E-state index contributed by atoms with van der Waals surface area (Å²) in [5, 5.41) is 3.68. The van der Waals surface area contributed by atoms with Gasteiger partial charge in [0.05, 0.1) is 18.6 Å². The average Bonchev–Trinajstić information content (AvgIpc) is 2.31. The number of hydrogen-bond acceptors (Lipinski definition) is 2. The van der Waals surface area contributed by atoms with Crippen LogP contribution in [0.2, 0.25) is 0 Å². The maximum atomic E-state index is 5.51. The molecule has 1 atom stereocenters. The van der Waals surface area contributed by atoms with E-state index in [1.807, 2.05) is 0 Å². The van der Waals surface area contributed by atoms with Crippen molar-refractivity contribution >= 4 is 0 Å². The molecule has 0 bridgehead atoms. The highest BCUT2D eigenvalue weighted by atomic mass is 16.5. The van der Waals surface area contributed by atoms with Gasteiger partial charge >= 0.3 is 0 Å². The smallest absolute Gasteiger partial charge is 0.0600 e. The molecule has 0 aromatic heterocycles. The molecule has 2 nitrogen and oxygen atoms in total. The number of nitrogens with one attached hydrogen (secondary N) is 1. The first-order chi connectivity index (χ1) is 7.92. The molecule has 2 saturated heterocycles. The predicted molar refractivity (Wildman–Crippen MR) is 64.6 cm³/mol. The standard InChI is InChI=1S/C14H19NO/c1-2-6-12(7-3-1)14(10-16-11-14)13-8-4-5-9-15-13/h1-3,6-7,13,15H,4-5,8-11H2. The molecule has 0 amide bonds. The SMILES string of the molecule is c1ccc(C2(C3CCCCN3)COC2)cc1. The van der Waals surface area contributed by atoms with Crippen LogP contribution in [-0.2, 0) is 10.2 Å². The summed E-state index contributed by atoms with van der Waals surface area (Å²) in [5.41, 5.74) is 1.70. The lowest BCUT2D eigenvalue weighted by molar-refractivity contribution is -0.0827. The molecular weight excluding hydrogens is 198 g/mol. The molecule has 2 aliphatic heterocycles. The van der Waals surface area contributed by atoms with Gasteiger partial charge in [-0.1, -0.05) is 36.8 Å². The van der Waals surface area contributed by atoms with Gasteiger partial charge in [0.1, 0.15) is 0 Å². The highest BCUT2D eigenvalue weighted by Crippen LogP contribution is 2.38. The van der Waals surface area contributed by atoms with E-state index in [-0.39, 0.29) is 5.41 Å². The molecule has 1 N–H and O–H groups in total. The third-order valence-electron chi connectivity index (χ3n) is 4.05. The van der Waals surface area contributed by atoms with Crippen LogP contribution in [0.3, 0.4) is 0 Å². The van der Waals surface area contributed by atoms with Crippen LogP contribution in [-0.4, -0.2) is 25.8 Å². The zero-order chi connectivity index (χ0) is 10.8. The molecule has 1 unspecified atom stereocenters. The summed E-state index contributed by atoms with van der Waals surface area (Å²) < 4.78 is 5.51. The molecule has 86 valence electrons. The topological polar surface area (TPSA) is 21.3 Å². The van der Waals surface area contributed by atoms with Gasteiger partial charge in [-0.05, 0) is 24.9 Å². The van der Waals surface area contributed by atoms with Gasteiger partial charge in [-0.15, -0.1) is 0 Å². The Morgan fingerprint density at radius 2 is 1.94 bits per heavy atom. The Hall–Kier alpha value is -0.860. The van der Waals surface area contributed by atoms with Gasteiger partial charge in [0.2, 0.25) is 0 Å². The lowest BCUT2D eigenvalue weighted by Gasteiger charge is -2.49. The van der Waals surface area contributed by atoms with Crippen molar-refractivity contribution in [3.8, 4) is 0 Å². The van der Waals surface area contributed by atoms with Gasteiger partial charge in [0, 0.05) is 6.04 Å². The van der Waals surface area contributed by atoms with Gasteiger partial charge in [-0.2, -0.15) is 0 Å². The molecule has 1 aromatic carbocycles. The Kier molecular flexibility index (Phi) is 2.70. The fourth-order valence-electron chi connectivity index (χ4n) is 2.98. The minimum absolute atomic E-state index is 0.252. The van der Waals surface area contributed by atoms with Crippen LogP contribution in [0, 0.1) is 0 Å². The van der Waals surface area contributed by atoms with Gasteiger partial charge in [0.25, 0.3) is 0 Å². The lowest BCUT2D eigenvalue weighted by atomic mass is 9.70.